The standard InChI is InChI=1S/C6H8N4O/c7-6(10-11)2-1-5-3-8-4-9-5/h1-4,11H,(H2,7,10)(H,8,9)/b2-1+. The van der Waals surface area contributed by atoms with Gasteiger partial charge in [-0.15, -0.1) is 0 Å². The SMILES string of the molecule is NC(/C=C/c1cnc[nH]1)=N\O. The predicted molar refractivity (Wildman–Crippen MR) is 41.0 cm³/mol. The number of imidazole rings is 1. The smallest absolute Gasteiger partial charge is 0.162 e. The van der Waals surface area contributed by atoms with E-state index in [4.69, 9.17) is 10.9 Å². The lowest BCUT2D eigenvalue weighted by Crippen LogP contribution is -2.06. The summed E-state index contributed by atoms with van der Waals surface area (Å²) in [4.78, 5) is 6.60. The van der Waals surface area contributed by atoms with E-state index in [-0.39, 0.29) is 5.84 Å². The van der Waals surface area contributed by atoms with E-state index in [1.54, 1.807) is 18.6 Å². The highest BCUT2D eigenvalue weighted by atomic mass is 16.4. The Balaban J connectivity index is 2.63. The molecule has 0 aliphatic heterocycles. The number of aromatic amines is 1. The van der Waals surface area contributed by atoms with E-state index in [0.29, 0.717) is 0 Å². The van der Waals surface area contributed by atoms with Crippen molar-refractivity contribution in [2.45, 2.75) is 0 Å². The van der Waals surface area contributed by atoms with Gasteiger partial charge in [0, 0.05) is 0 Å². The number of hydrogen-bond donors (Lipinski definition) is 3. The first kappa shape index (κ1) is 7.33. The summed E-state index contributed by atoms with van der Waals surface area (Å²) in [5, 5.41) is 10.9. The van der Waals surface area contributed by atoms with Gasteiger partial charge < -0.3 is 15.9 Å². The van der Waals surface area contributed by atoms with Crippen LogP contribution in [0.15, 0.2) is 23.8 Å². The Bertz CT molecular complexity index is 262. The first-order chi connectivity index (χ1) is 5.33. The number of amidine groups is 1. The summed E-state index contributed by atoms with van der Waals surface area (Å²) in [6.45, 7) is 0. The molecule has 0 aromatic carbocycles. The van der Waals surface area contributed by atoms with Gasteiger partial charge in [-0.25, -0.2) is 4.98 Å². The molecule has 0 saturated heterocycles. The second-order valence-corrected chi connectivity index (χ2v) is 1.87. The summed E-state index contributed by atoms with van der Waals surface area (Å²) < 4.78 is 0. The normalized spacial score (nSPS) is 12.5. The lowest BCUT2D eigenvalue weighted by atomic mass is 10.4. The van der Waals surface area contributed by atoms with Crippen LogP contribution in [0.3, 0.4) is 0 Å². The third kappa shape index (κ3) is 2.13. The monoisotopic (exact) mass is 152 g/mol. The van der Waals surface area contributed by atoms with E-state index < -0.39 is 0 Å². The van der Waals surface area contributed by atoms with Gasteiger partial charge in [-0.2, -0.15) is 0 Å². The van der Waals surface area contributed by atoms with Gasteiger partial charge in [0.15, 0.2) is 5.84 Å². The van der Waals surface area contributed by atoms with Crippen LogP contribution in [0, 0.1) is 0 Å². The minimum Gasteiger partial charge on any atom is -0.409 e. The number of nitrogens with zero attached hydrogens (tertiary/aromatic N) is 2. The summed E-state index contributed by atoms with van der Waals surface area (Å²) in [5.74, 6) is 0.0552. The van der Waals surface area contributed by atoms with Crippen LogP contribution in [0.5, 0.6) is 0 Å². The van der Waals surface area contributed by atoms with Crippen LogP contribution in [-0.2, 0) is 0 Å². The molecule has 0 bridgehead atoms. The molecule has 0 fully saturated rings. The van der Waals surface area contributed by atoms with Gasteiger partial charge in [-0.1, -0.05) is 5.16 Å². The van der Waals surface area contributed by atoms with Crippen LogP contribution in [-0.4, -0.2) is 21.0 Å². The molecule has 58 valence electrons. The molecule has 5 nitrogen and oxygen atoms in total. The van der Waals surface area contributed by atoms with Crippen molar-refractivity contribution in [3.8, 4) is 0 Å². The van der Waals surface area contributed by atoms with E-state index in [9.17, 15) is 0 Å². The third-order valence-electron chi connectivity index (χ3n) is 1.07. The van der Waals surface area contributed by atoms with Crippen molar-refractivity contribution in [1.29, 1.82) is 0 Å². The first-order valence-corrected chi connectivity index (χ1v) is 2.97. The van der Waals surface area contributed by atoms with Crippen LogP contribution in [0.25, 0.3) is 6.08 Å². The number of hydrogen-bond acceptors (Lipinski definition) is 3. The van der Waals surface area contributed by atoms with Gasteiger partial charge in [-0.3, -0.25) is 0 Å². The highest BCUT2D eigenvalue weighted by molar-refractivity contribution is 5.94. The number of nitrogens with one attached hydrogen (secondary N) is 1. The molecule has 0 aliphatic rings. The summed E-state index contributed by atoms with van der Waals surface area (Å²) >= 11 is 0. The van der Waals surface area contributed by atoms with Crippen molar-refractivity contribution in [2.24, 2.45) is 10.9 Å². The molecule has 11 heavy (non-hydrogen) atoms. The summed E-state index contributed by atoms with van der Waals surface area (Å²) in [7, 11) is 0. The minimum atomic E-state index is 0.0552. The molecular formula is C6H8N4O. The fourth-order valence-electron chi connectivity index (χ4n) is 0.566. The quantitative estimate of drug-likeness (QED) is 0.244. The first-order valence-electron chi connectivity index (χ1n) is 2.97. The van der Waals surface area contributed by atoms with E-state index in [2.05, 4.69) is 15.1 Å². The second kappa shape index (κ2) is 3.40. The number of rotatable bonds is 2. The molecule has 1 rings (SSSR count). The highest BCUT2D eigenvalue weighted by Crippen LogP contribution is 1.92. The van der Waals surface area contributed by atoms with E-state index in [1.807, 2.05) is 0 Å². The van der Waals surface area contributed by atoms with Crippen LogP contribution >= 0.6 is 0 Å². The van der Waals surface area contributed by atoms with Gasteiger partial charge >= 0.3 is 0 Å². The molecule has 5 heteroatoms. The van der Waals surface area contributed by atoms with Gasteiger partial charge in [0.25, 0.3) is 0 Å². The largest absolute Gasteiger partial charge is 0.409 e. The Labute approximate surface area is 63.2 Å². The van der Waals surface area contributed by atoms with Gasteiger partial charge in [0.1, 0.15) is 0 Å². The summed E-state index contributed by atoms with van der Waals surface area (Å²) in [5.41, 5.74) is 5.97. The lowest BCUT2D eigenvalue weighted by Gasteiger charge is -1.84. The summed E-state index contributed by atoms with van der Waals surface area (Å²) in [6, 6.07) is 0. The van der Waals surface area contributed by atoms with Crippen molar-refractivity contribution in [2.75, 3.05) is 0 Å². The van der Waals surface area contributed by atoms with Crippen LogP contribution in [0.4, 0.5) is 0 Å². The van der Waals surface area contributed by atoms with Gasteiger partial charge in [-0.05, 0) is 12.2 Å². The molecule has 4 N–H and O–H groups in total. The molecule has 1 heterocycles. The fourth-order valence-corrected chi connectivity index (χ4v) is 0.566. The van der Waals surface area contributed by atoms with Crippen LogP contribution in [0.2, 0.25) is 0 Å². The lowest BCUT2D eigenvalue weighted by molar-refractivity contribution is 0.319. The molecule has 0 atom stereocenters. The van der Waals surface area contributed by atoms with Gasteiger partial charge in [0.2, 0.25) is 0 Å². The summed E-state index contributed by atoms with van der Waals surface area (Å²) in [6.07, 6.45) is 6.29. The number of nitrogens with two attached hydrogens (primary N) is 1. The Morgan fingerprint density at radius 2 is 2.64 bits per heavy atom. The highest BCUT2D eigenvalue weighted by Gasteiger charge is 1.86. The molecular weight excluding hydrogens is 144 g/mol. The van der Waals surface area contributed by atoms with E-state index in [1.165, 1.54) is 6.08 Å². The molecule has 1 aromatic rings. The van der Waals surface area contributed by atoms with Gasteiger partial charge in [0.05, 0.1) is 18.2 Å². The zero-order valence-electron chi connectivity index (χ0n) is 5.73. The molecule has 0 saturated carbocycles. The Hall–Kier alpha value is -1.78. The van der Waals surface area contributed by atoms with Crippen molar-refractivity contribution in [1.82, 2.24) is 9.97 Å². The average Bonchev–Trinajstić information content (AvgIpc) is 2.52. The minimum absolute atomic E-state index is 0.0552. The maximum atomic E-state index is 8.15. The van der Waals surface area contributed by atoms with E-state index in [0.717, 1.165) is 5.69 Å². The molecule has 1 aromatic heterocycles. The van der Waals surface area contributed by atoms with Crippen molar-refractivity contribution < 1.29 is 5.21 Å². The average molecular weight is 152 g/mol. The fraction of sp³-hybridized carbons (Fsp3) is 0. The number of aromatic nitrogens is 2. The van der Waals surface area contributed by atoms with Crippen LogP contribution < -0.4 is 5.73 Å². The van der Waals surface area contributed by atoms with Crippen molar-refractivity contribution in [3.63, 3.8) is 0 Å². The Morgan fingerprint density at radius 1 is 1.82 bits per heavy atom. The molecule has 0 amide bonds. The van der Waals surface area contributed by atoms with Crippen molar-refractivity contribution >= 4 is 11.9 Å². The second-order valence-electron chi connectivity index (χ2n) is 1.87. The zero-order valence-corrected chi connectivity index (χ0v) is 5.73. The third-order valence-corrected chi connectivity index (χ3v) is 1.07. The topological polar surface area (TPSA) is 87.3 Å². The zero-order chi connectivity index (χ0) is 8.10. The van der Waals surface area contributed by atoms with Crippen LogP contribution in [0.1, 0.15) is 5.69 Å². The Kier molecular flexibility index (Phi) is 2.27. The predicted octanol–water partition coefficient (Wildman–Crippen LogP) is 0.169. The molecule has 0 unspecified atom stereocenters. The number of oxime groups is 1. The van der Waals surface area contributed by atoms with E-state index >= 15 is 0 Å². The Morgan fingerprint density at radius 3 is 3.18 bits per heavy atom. The molecule has 0 radical (unpaired) electrons. The van der Waals surface area contributed by atoms with Crippen molar-refractivity contribution in [3.05, 3.63) is 24.3 Å². The number of H-pyrrole nitrogens is 1. The molecule has 0 spiro atoms. The maximum absolute atomic E-state index is 8.15. The molecule has 0 aliphatic carbocycles. The maximum Gasteiger partial charge on any atom is 0.162 e.